The van der Waals surface area contributed by atoms with Gasteiger partial charge in [0, 0.05) is 7.05 Å². The highest BCUT2D eigenvalue weighted by atomic mass is 32.2. The lowest BCUT2D eigenvalue weighted by Crippen LogP contribution is -2.26. The Bertz CT molecular complexity index is 694. The molecule has 1 N–H and O–H groups in total. The van der Waals surface area contributed by atoms with E-state index in [-0.39, 0.29) is 23.8 Å². The predicted octanol–water partition coefficient (Wildman–Crippen LogP) is 1.60. The monoisotopic (exact) mass is 311 g/mol. The Labute approximate surface area is 123 Å². The zero-order chi connectivity index (χ0) is 15.5. The number of hydrogen-bond acceptors (Lipinski definition) is 5. The number of nitrogens with zero attached hydrogens (tertiary/aromatic N) is 1. The highest BCUT2D eigenvalue weighted by Gasteiger charge is 2.25. The lowest BCUT2D eigenvalue weighted by molar-refractivity contribution is 0.280. The maximum Gasteiger partial charge on any atom is 0.246 e. The number of methoxy groups -OCH3 is 1. The Morgan fingerprint density at radius 1 is 1.33 bits per heavy atom. The SMILES string of the molecule is COc1cc(CO)ccc1S(=O)(=O)N(C)Cc1ccco1. The van der Waals surface area contributed by atoms with Crippen LogP contribution in [0.25, 0.3) is 0 Å². The molecule has 0 saturated heterocycles. The molecule has 6 nitrogen and oxygen atoms in total. The standard InChI is InChI=1S/C14H17NO5S/c1-15(9-12-4-3-7-20-12)21(17,18)14-6-5-11(10-16)8-13(14)19-2/h3-8,16H,9-10H2,1-2H3. The van der Waals surface area contributed by atoms with Crippen molar-refractivity contribution in [1.29, 1.82) is 0 Å². The molecule has 114 valence electrons. The minimum atomic E-state index is -3.72. The summed E-state index contributed by atoms with van der Waals surface area (Å²) in [6.45, 7) is -0.0564. The zero-order valence-corrected chi connectivity index (χ0v) is 12.6. The fraction of sp³-hybridized carbons (Fsp3) is 0.286. The van der Waals surface area contributed by atoms with Gasteiger partial charge in [-0.15, -0.1) is 0 Å². The molecule has 0 bridgehead atoms. The summed E-state index contributed by atoms with van der Waals surface area (Å²) in [5, 5.41) is 9.10. The van der Waals surface area contributed by atoms with Crippen LogP contribution in [-0.2, 0) is 23.2 Å². The fourth-order valence-corrected chi connectivity index (χ4v) is 3.17. The predicted molar refractivity (Wildman–Crippen MR) is 76.3 cm³/mol. The van der Waals surface area contributed by atoms with E-state index >= 15 is 0 Å². The molecule has 21 heavy (non-hydrogen) atoms. The summed E-state index contributed by atoms with van der Waals surface area (Å²) in [6.07, 6.45) is 1.49. The Morgan fingerprint density at radius 2 is 2.10 bits per heavy atom. The number of rotatable bonds is 6. The molecule has 7 heteroatoms. The van der Waals surface area contributed by atoms with E-state index in [0.717, 1.165) is 0 Å². The summed E-state index contributed by atoms with van der Waals surface area (Å²) in [5.41, 5.74) is 0.583. The van der Waals surface area contributed by atoms with E-state index in [9.17, 15) is 8.42 Å². The van der Waals surface area contributed by atoms with Gasteiger partial charge in [-0.1, -0.05) is 6.07 Å². The van der Waals surface area contributed by atoms with Gasteiger partial charge >= 0.3 is 0 Å². The van der Waals surface area contributed by atoms with Crippen molar-refractivity contribution >= 4 is 10.0 Å². The quantitative estimate of drug-likeness (QED) is 0.876. The zero-order valence-electron chi connectivity index (χ0n) is 11.8. The molecule has 1 heterocycles. The van der Waals surface area contributed by atoms with Crippen LogP contribution in [0, 0.1) is 0 Å². The lowest BCUT2D eigenvalue weighted by Gasteiger charge is -2.18. The Kier molecular flexibility index (Phi) is 4.66. The number of benzene rings is 1. The Balaban J connectivity index is 2.34. The maximum absolute atomic E-state index is 12.6. The van der Waals surface area contributed by atoms with E-state index in [1.165, 1.54) is 36.9 Å². The van der Waals surface area contributed by atoms with Crippen molar-refractivity contribution in [3.63, 3.8) is 0 Å². The van der Waals surface area contributed by atoms with E-state index in [1.807, 2.05) is 0 Å². The summed E-state index contributed by atoms with van der Waals surface area (Å²) in [4.78, 5) is 0.0521. The molecule has 1 aromatic heterocycles. The Hall–Kier alpha value is -1.83. The van der Waals surface area contributed by atoms with E-state index in [2.05, 4.69) is 0 Å². The van der Waals surface area contributed by atoms with E-state index in [1.54, 1.807) is 18.2 Å². The molecule has 0 fully saturated rings. The number of hydrogen-bond donors (Lipinski definition) is 1. The first kappa shape index (κ1) is 15.6. The van der Waals surface area contributed by atoms with Crippen molar-refractivity contribution in [1.82, 2.24) is 4.31 Å². The van der Waals surface area contributed by atoms with Crippen LogP contribution in [0.1, 0.15) is 11.3 Å². The van der Waals surface area contributed by atoms with Crippen LogP contribution in [0.5, 0.6) is 5.75 Å². The van der Waals surface area contributed by atoms with Crippen molar-refractivity contribution in [2.75, 3.05) is 14.2 Å². The van der Waals surface area contributed by atoms with Crippen molar-refractivity contribution in [3.8, 4) is 5.75 Å². The molecule has 2 rings (SSSR count). The van der Waals surface area contributed by atoms with Crippen molar-refractivity contribution < 1.29 is 22.7 Å². The molecule has 0 aliphatic rings. The normalized spacial score (nSPS) is 11.8. The highest BCUT2D eigenvalue weighted by molar-refractivity contribution is 7.89. The van der Waals surface area contributed by atoms with Crippen LogP contribution in [0.3, 0.4) is 0 Å². The second-order valence-corrected chi connectivity index (χ2v) is 6.50. The van der Waals surface area contributed by atoms with E-state index < -0.39 is 10.0 Å². The average molecular weight is 311 g/mol. The van der Waals surface area contributed by atoms with E-state index in [4.69, 9.17) is 14.3 Å². The third-order valence-corrected chi connectivity index (χ3v) is 4.90. The van der Waals surface area contributed by atoms with Crippen LogP contribution < -0.4 is 4.74 Å². The first-order valence-corrected chi connectivity index (χ1v) is 7.69. The van der Waals surface area contributed by atoms with Crippen molar-refractivity contribution in [2.24, 2.45) is 0 Å². The van der Waals surface area contributed by atoms with Crippen LogP contribution in [0.4, 0.5) is 0 Å². The van der Waals surface area contributed by atoms with Gasteiger partial charge in [0.25, 0.3) is 0 Å². The second-order valence-electron chi connectivity index (χ2n) is 4.48. The number of sulfonamides is 1. The molecule has 2 aromatic rings. The third kappa shape index (κ3) is 3.26. The summed E-state index contributed by atoms with van der Waals surface area (Å²) in [7, 11) is -0.856. The van der Waals surface area contributed by atoms with Gasteiger partial charge in [-0.3, -0.25) is 0 Å². The molecule has 0 radical (unpaired) electrons. The van der Waals surface area contributed by atoms with Gasteiger partial charge in [-0.25, -0.2) is 8.42 Å². The molecule has 0 aliphatic heterocycles. The van der Waals surface area contributed by atoms with E-state index in [0.29, 0.717) is 11.3 Å². The van der Waals surface area contributed by atoms with Crippen molar-refractivity contribution in [2.45, 2.75) is 18.0 Å². The topological polar surface area (TPSA) is 80.0 Å². The first-order valence-electron chi connectivity index (χ1n) is 6.25. The van der Waals surface area contributed by atoms with Crippen molar-refractivity contribution in [3.05, 3.63) is 47.9 Å². The highest BCUT2D eigenvalue weighted by Crippen LogP contribution is 2.28. The molecule has 0 unspecified atom stereocenters. The van der Waals surface area contributed by atoms with Gasteiger partial charge in [0.05, 0.1) is 26.5 Å². The molecule has 1 aromatic carbocycles. The summed E-state index contributed by atoms with van der Waals surface area (Å²) in [5.74, 6) is 0.750. The molecule has 0 aliphatic carbocycles. The molecule has 0 spiro atoms. The number of aliphatic hydroxyl groups is 1. The van der Waals surface area contributed by atoms with Crippen LogP contribution >= 0.6 is 0 Å². The van der Waals surface area contributed by atoms with Gasteiger partial charge in [0.2, 0.25) is 10.0 Å². The fourth-order valence-electron chi connectivity index (χ4n) is 1.90. The van der Waals surface area contributed by atoms with Gasteiger partial charge in [-0.2, -0.15) is 4.31 Å². The lowest BCUT2D eigenvalue weighted by atomic mass is 10.2. The molecular formula is C14H17NO5S. The first-order chi connectivity index (χ1) is 9.98. The average Bonchev–Trinajstić information content (AvgIpc) is 2.99. The summed E-state index contributed by atoms with van der Waals surface area (Å²) >= 11 is 0. The molecule has 0 atom stereocenters. The summed E-state index contributed by atoms with van der Waals surface area (Å²) < 4.78 is 36.6. The van der Waals surface area contributed by atoms with Crippen LogP contribution in [-0.4, -0.2) is 32.0 Å². The molecule has 0 saturated carbocycles. The van der Waals surface area contributed by atoms with Gasteiger partial charge in [0.15, 0.2) is 0 Å². The van der Waals surface area contributed by atoms with Crippen LogP contribution in [0.15, 0.2) is 45.9 Å². The molecule has 0 amide bonds. The van der Waals surface area contributed by atoms with Gasteiger partial charge in [0.1, 0.15) is 16.4 Å². The summed E-state index contributed by atoms with van der Waals surface area (Å²) in [6, 6.07) is 7.90. The van der Waals surface area contributed by atoms with Gasteiger partial charge in [-0.05, 0) is 29.8 Å². The Morgan fingerprint density at radius 3 is 2.67 bits per heavy atom. The largest absolute Gasteiger partial charge is 0.495 e. The second kappa shape index (κ2) is 6.30. The number of aliphatic hydroxyl groups excluding tert-OH is 1. The number of furan rings is 1. The van der Waals surface area contributed by atoms with Gasteiger partial charge < -0.3 is 14.3 Å². The number of ether oxygens (including phenoxy) is 1. The third-order valence-electron chi connectivity index (χ3n) is 3.06. The minimum absolute atomic E-state index is 0.0521. The molecular weight excluding hydrogens is 294 g/mol. The smallest absolute Gasteiger partial charge is 0.246 e. The maximum atomic E-state index is 12.6. The minimum Gasteiger partial charge on any atom is -0.495 e. The van der Waals surface area contributed by atoms with Crippen LogP contribution in [0.2, 0.25) is 0 Å².